The van der Waals surface area contributed by atoms with E-state index >= 15 is 0 Å². The number of nitrogens with one attached hydrogen (secondary N) is 1. The minimum absolute atomic E-state index is 0.0613. The summed E-state index contributed by atoms with van der Waals surface area (Å²) in [5.74, 6) is -0.0195. The number of piperidine rings is 1. The van der Waals surface area contributed by atoms with E-state index in [0.717, 1.165) is 12.8 Å². The number of carbonyl (C=O) groups excluding carboxylic acids is 1. The molecular weight excluding hydrogens is 266 g/mol. The van der Waals surface area contributed by atoms with E-state index in [-0.39, 0.29) is 17.4 Å². The number of rotatable bonds is 3. The summed E-state index contributed by atoms with van der Waals surface area (Å²) in [6.45, 7) is 2.78. The van der Waals surface area contributed by atoms with Crippen LogP contribution in [0.1, 0.15) is 45.4 Å². The Hall–Kier alpha value is -0.660. The maximum atomic E-state index is 12.2. The minimum atomic E-state index is -3.61. The van der Waals surface area contributed by atoms with Crippen molar-refractivity contribution < 1.29 is 13.2 Å². The van der Waals surface area contributed by atoms with Gasteiger partial charge in [0.05, 0.1) is 0 Å². The van der Waals surface area contributed by atoms with Gasteiger partial charge in [0.2, 0.25) is 5.91 Å². The number of nitrogens with zero attached hydrogens (tertiary/aromatic N) is 1. The number of hydrogen-bond acceptors (Lipinski definition) is 3. The first kappa shape index (κ1) is 14.7. The molecule has 6 nitrogen and oxygen atoms in total. The molecule has 1 heterocycles. The van der Waals surface area contributed by atoms with E-state index < -0.39 is 10.2 Å². The van der Waals surface area contributed by atoms with Crippen LogP contribution in [0.3, 0.4) is 0 Å². The Balaban J connectivity index is 1.86. The third-order valence-corrected chi connectivity index (χ3v) is 5.40. The van der Waals surface area contributed by atoms with Crippen LogP contribution in [0.25, 0.3) is 0 Å². The van der Waals surface area contributed by atoms with Crippen LogP contribution in [0.4, 0.5) is 0 Å². The standard InChI is InChI=1S/C12H23N3O3S/c1-12(6-2-3-7-12)14-11(16)10-4-8-15(9-5-10)19(13,17)18/h10H,2-9H2,1H3,(H,14,16)(H2,13,17,18). The maximum absolute atomic E-state index is 12.2. The van der Waals surface area contributed by atoms with Gasteiger partial charge in [0.1, 0.15) is 0 Å². The number of nitrogens with two attached hydrogens (primary N) is 1. The summed E-state index contributed by atoms with van der Waals surface area (Å²) in [7, 11) is -3.61. The van der Waals surface area contributed by atoms with Crippen LogP contribution in [0.15, 0.2) is 0 Å². The largest absolute Gasteiger partial charge is 0.351 e. The lowest BCUT2D eigenvalue weighted by Crippen LogP contribution is -2.50. The summed E-state index contributed by atoms with van der Waals surface area (Å²) < 4.78 is 23.6. The quantitative estimate of drug-likeness (QED) is 0.785. The topological polar surface area (TPSA) is 92.5 Å². The molecule has 0 atom stereocenters. The summed E-state index contributed by atoms with van der Waals surface area (Å²) in [5.41, 5.74) is -0.0613. The number of hydrogen-bond donors (Lipinski definition) is 2. The lowest BCUT2D eigenvalue weighted by atomic mass is 9.94. The van der Waals surface area contributed by atoms with Crippen LogP contribution in [-0.4, -0.2) is 37.3 Å². The van der Waals surface area contributed by atoms with Crippen molar-refractivity contribution in [2.75, 3.05) is 13.1 Å². The second-order valence-corrected chi connectivity index (χ2v) is 7.52. The van der Waals surface area contributed by atoms with E-state index in [9.17, 15) is 13.2 Å². The first-order chi connectivity index (χ1) is 8.80. The van der Waals surface area contributed by atoms with E-state index in [2.05, 4.69) is 12.2 Å². The monoisotopic (exact) mass is 289 g/mol. The van der Waals surface area contributed by atoms with Crippen molar-refractivity contribution in [2.24, 2.45) is 11.1 Å². The van der Waals surface area contributed by atoms with Gasteiger partial charge in [-0.25, -0.2) is 5.14 Å². The fraction of sp³-hybridized carbons (Fsp3) is 0.917. The van der Waals surface area contributed by atoms with Crippen LogP contribution in [0.5, 0.6) is 0 Å². The van der Waals surface area contributed by atoms with Gasteiger partial charge in [0.15, 0.2) is 0 Å². The first-order valence-electron chi connectivity index (χ1n) is 6.90. The maximum Gasteiger partial charge on any atom is 0.276 e. The van der Waals surface area contributed by atoms with Gasteiger partial charge >= 0.3 is 0 Å². The van der Waals surface area contributed by atoms with E-state index in [1.807, 2.05) is 0 Å². The number of carbonyl (C=O) groups is 1. The summed E-state index contributed by atoms with van der Waals surface area (Å²) in [6.07, 6.45) is 5.52. The van der Waals surface area contributed by atoms with E-state index in [1.165, 1.54) is 17.1 Å². The van der Waals surface area contributed by atoms with Crippen molar-refractivity contribution in [3.63, 3.8) is 0 Å². The molecule has 0 spiro atoms. The Kier molecular flexibility index (Phi) is 4.17. The van der Waals surface area contributed by atoms with Gasteiger partial charge in [0, 0.05) is 24.5 Å². The molecule has 2 aliphatic rings. The molecule has 1 saturated carbocycles. The fourth-order valence-electron chi connectivity index (χ4n) is 3.05. The Morgan fingerprint density at radius 1 is 1.26 bits per heavy atom. The van der Waals surface area contributed by atoms with E-state index in [4.69, 9.17) is 5.14 Å². The molecule has 1 amide bonds. The van der Waals surface area contributed by atoms with E-state index in [0.29, 0.717) is 25.9 Å². The third-order valence-electron chi connectivity index (χ3n) is 4.32. The van der Waals surface area contributed by atoms with Gasteiger partial charge in [0.25, 0.3) is 10.2 Å². The van der Waals surface area contributed by atoms with Crippen molar-refractivity contribution in [3.05, 3.63) is 0 Å². The predicted octanol–water partition coefficient (Wildman–Crippen LogP) is 0.351. The van der Waals surface area contributed by atoms with Crippen molar-refractivity contribution in [3.8, 4) is 0 Å². The zero-order chi connectivity index (χ0) is 14.1. The van der Waals surface area contributed by atoms with Gasteiger partial charge in [-0.15, -0.1) is 0 Å². The summed E-state index contributed by atoms with van der Waals surface area (Å²) in [4.78, 5) is 12.2. The Morgan fingerprint density at radius 2 is 1.79 bits per heavy atom. The lowest BCUT2D eigenvalue weighted by molar-refractivity contribution is -0.127. The summed E-state index contributed by atoms with van der Waals surface area (Å²) in [6, 6.07) is 0. The van der Waals surface area contributed by atoms with Gasteiger partial charge in [-0.05, 0) is 32.6 Å². The molecule has 0 aromatic carbocycles. The van der Waals surface area contributed by atoms with Crippen molar-refractivity contribution in [1.29, 1.82) is 0 Å². The molecule has 110 valence electrons. The predicted molar refractivity (Wildman–Crippen MR) is 72.4 cm³/mol. The van der Waals surface area contributed by atoms with Gasteiger partial charge in [-0.1, -0.05) is 12.8 Å². The van der Waals surface area contributed by atoms with Crippen LogP contribution >= 0.6 is 0 Å². The second kappa shape index (κ2) is 5.38. The first-order valence-corrected chi connectivity index (χ1v) is 8.40. The summed E-state index contributed by atoms with van der Waals surface area (Å²) >= 11 is 0. The van der Waals surface area contributed by atoms with Crippen molar-refractivity contribution in [1.82, 2.24) is 9.62 Å². The highest BCUT2D eigenvalue weighted by atomic mass is 32.2. The van der Waals surface area contributed by atoms with Gasteiger partial charge < -0.3 is 5.32 Å². The highest BCUT2D eigenvalue weighted by Crippen LogP contribution is 2.30. The molecule has 0 bridgehead atoms. The highest BCUT2D eigenvalue weighted by molar-refractivity contribution is 7.86. The SMILES string of the molecule is CC1(NC(=O)C2CCN(S(N)(=O)=O)CC2)CCCC1. The lowest BCUT2D eigenvalue weighted by Gasteiger charge is -2.32. The molecule has 1 aliphatic carbocycles. The molecule has 0 unspecified atom stereocenters. The summed E-state index contributed by atoms with van der Waals surface area (Å²) in [5, 5.41) is 8.22. The molecule has 19 heavy (non-hydrogen) atoms. The Labute approximate surface area is 114 Å². The zero-order valence-electron chi connectivity index (χ0n) is 11.4. The Morgan fingerprint density at radius 3 is 2.26 bits per heavy atom. The Bertz CT molecular complexity index is 435. The second-order valence-electron chi connectivity index (χ2n) is 5.98. The van der Waals surface area contributed by atoms with Gasteiger partial charge in [-0.3, -0.25) is 4.79 Å². The molecule has 7 heteroatoms. The zero-order valence-corrected chi connectivity index (χ0v) is 12.2. The molecule has 0 radical (unpaired) electrons. The van der Waals surface area contributed by atoms with E-state index in [1.54, 1.807) is 0 Å². The molecular formula is C12H23N3O3S. The molecule has 0 aromatic rings. The number of amides is 1. The van der Waals surface area contributed by atoms with Crippen LogP contribution in [-0.2, 0) is 15.0 Å². The normalized spacial score (nSPS) is 25.4. The molecule has 1 aliphatic heterocycles. The molecule has 1 saturated heterocycles. The minimum Gasteiger partial charge on any atom is -0.351 e. The van der Waals surface area contributed by atoms with Crippen LogP contribution in [0, 0.1) is 5.92 Å². The van der Waals surface area contributed by atoms with Crippen LogP contribution in [0.2, 0.25) is 0 Å². The molecule has 0 aromatic heterocycles. The average molecular weight is 289 g/mol. The third kappa shape index (κ3) is 3.67. The molecule has 2 rings (SSSR count). The molecule has 3 N–H and O–H groups in total. The van der Waals surface area contributed by atoms with Gasteiger partial charge in [-0.2, -0.15) is 12.7 Å². The van der Waals surface area contributed by atoms with Crippen molar-refractivity contribution >= 4 is 16.1 Å². The highest BCUT2D eigenvalue weighted by Gasteiger charge is 2.34. The molecule has 2 fully saturated rings. The smallest absolute Gasteiger partial charge is 0.276 e. The van der Waals surface area contributed by atoms with Crippen LogP contribution < -0.4 is 10.5 Å². The fourth-order valence-corrected chi connectivity index (χ4v) is 3.77. The van der Waals surface area contributed by atoms with Crippen molar-refractivity contribution in [2.45, 2.75) is 51.0 Å². The average Bonchev–Trinajstić information content (AvgIpc) is 2.75.